The van der Waals surface area contributed by atoms with Gasteiger partial charge in [0.25, 0.3) is 5.91 Å². The van der Waals surface area contributed by atoms with Gasteiger partial charge < -0.3 is 0 Å². The van der Waals surface area contributed by atoms with Crippen LogP contribution in [-0.2, 0) is 16.2 Å². The highest BCUT2D eigenvalue weighted by atomic mass is 16.6. The number of allylic oxidation sites excluding steroid dienone is 1. The third-order valence-electron chi connectivity index (χ3n) is 1.57. The van der Waals surface area contributed by atoms with Crippen molar-refractivity contribution in [2.45, 2.75) is 13.5 Å². The average Bonchev–Trinajstić information content (AvgIpc) is 2.20. The highest BCUT2D eigenvalue weighted by Gasteiger charge is 1.94. The van der Waals surface area contributed by atoms with Gasteiger partial charge in [-0.2, -0.15) is 0 Å². The molecule has 0 bridgehead atoms. The maximum Gasteiger partial charge on any atom is 0.267 e. The number of benzene rings is 1. The monoisotopic (exact) mass is 191 g/mol. The third-order valence-corrected chi connectivity index (χ3v) is 1.57. The molecule has 1 aromatic carbocycles. The molecule has 0 atom stereocenters. The van der Waals surface area contributed by atoms with Gasteiger partial charge in [-0.3, -0.25) is 9.63 Å². The van der Waals surface area contributed by atoms with Gasteiger partial charge in [-0.1, -0.05) is 36.4 Å². The Labute approximate surface area is 83.3 Å². The van der Waals surface area contributed by atoms with E-state index in [0.29, 0.717) is 6.61 Å². The zero-order chi connectivity index (χ0) is 10.2. The molecule has 74 valence electrons. The van der Waals surface area contributed by atoms with Gasteiger partial charge in [-0.05, 0) is 12.5 Å². The summed E-state index contributed by atoms with van der Waals surface area (Å²) in [5.74, 6) is -0.247. The minimum atomic E-state index is -0.247. The summed E-state index contributed by atoms with van der Waals surface area (Å²) in [7, 11) is 0. The summed E-state index contributed by atoms with van der Waals surface area (Å²) in [6.45, 7) is 2.15. The Bertz CT molecular complexity index is 306. The van der Waals surface area contributed by atoms with Crippen LogP contribution < -0.4 is 5.48 Å². The third kappa shape index (κ3) is 3.87. The summed E-state index contributed by atoms with van der Waals surface area (Å²) in [4.78, 5) is 15.9. The number of nitrogens with one attached hydrogen (secondary N) is 1. The molecule has 1 rings (SSSR count). The van der Waals surface area contributed by atoms with E-state index < -0.39 is 0 Å². The van der Waals surface area contributed by atoms with E-state index in [4.69, 9.17) is 4.84 Å². The quantitative estimate of drug-likeness (QED) is 0.582. The molecule has 1 N–H and O–H groups in total. The summed E-state index contributed by atoms with van der Waals surface area (Å²) in [5.41, 5.74) is 3.33. The summed E-state index contributed by atoms with van der Waals surface area (Å²) >= 11 is 0. The molecular weight excluding hydrogens is 178 g/mol. The zero-order valence-corrected chi connectivity index (χ0v) is 8.07. The molecule has 1 aromatic rings. The van der Waals surface area contributed by atoms with Gasteiger partial charge in [-0.25, -0.2) is 5.48 Å². The lowest BCUT2D eigenvalue weighted by atomic mass is 10.2. The lowest BCUT2D eigenvalue weighted by molar-refractivity contribution is -0.129. The first-order valence-corrected chi connectivity index (χ1v) is 4.41. The summed E-state index contributed by atoms with van der Waals surface area (Å²) in [5, 5.41) is 0. The fourth-order valence-corrected chi connectivity index (χ4v) is 0.950. The minimum Gasteiger partial charge on any atom is -0.269 e. The zero-order valence-electron chi connectivity index (χ0n) is 8.07. The molecule has 0 aromatic heterocycles. The lowest BCUT2D eigenvalue weighted by Gasteiger charge is -2.02. The van der Waals surface area contributed by atoms with Crippen LogP contribution >= 0.6 is 0 Å². The first-order chi connectivity index (χ1) is 6.83. The molecule has 3 nitrogen and oxygen atoms in total. The topological polar surface area (TPSA) is 38.3 Å². The highest BCUT2D eigenvalue weighted by molar-refractivity contribution is 5.86. The molecular formula is C11H13NO2. The van der Waals surface area contributed by atoms with Crippen LogP contribution in [0.25, 0.3) is 0 Å². The van der Waals surface area contributed by atoms with Crippen molar-refractivity contribution in [1.29, 1.82) is 0 Å². The Morgan fingerprint density at radius 3 is 2.79 bits per heavy atom. The van der Waals surface area contributed by atoms with Crippen molar-refractivity contribution in [2.75, 3.05) is 0 Å². The Hall–Kier alpha value is -1.61. The van der Waals surface area contributed by atoms with E-state index >= 15 is 0 Å². The molecule has 0 aliphatic heterocycles. The number of carbonyl (C=O) groups is 1. The SMILES string of the molecule is CC=CC(=O)NOCc1ccccc1. The van der Waals surface area contributed by atoms with Crippen molar-refractivity contribution in [2.24, 2.45) is 0 Å². The van der Waals surface area contributed by atoms with Crippen molar-refractivity contribution >= 4 is 5.91 Å². The van der Waals surface area contributed by atoms with Crippen molar-refractivity contribution in [3.8, 4) is 0 Å². The standard InChI is InChI=1S/C11H13NO2/c1-2-6-11(13)12-14-9-10-7-4-3-5-8-10/h2-8H,9H2,1H3,(H,12,13). The molecule has 0 unspecified atom stereocenters. The Kier molecular flexibility index (Phi) is 4.44. The van der Waals surface area contributed by atoms with E-state index in [-0.39, 0.29) is 5.91 Å². The second-order valence-corrected chi connectivity index (χ2v) is 2.74. The Morgan fingerprint density at radius 1 is 1.43 bits per heavy atom. The van der Waals surface area contributed by atoms with Crippen molar-refractivity contribution in [1.82, 2.24) is 5.48 Å². The smallest absolute Gasteiger partial charge is 0.267 e. The second-order valence-electron chi connectivity index (χ2n) is 2.74. The van der Waals surface area contributed by atoms with Crippen LogP contribution in [0.4, 0.5) is 0 Å². The van der Waals surface area contributed by atoms with Crippen LogP contribution in [0.5, 0.6) is 0 Å². The van der Waals surface area contributed by atoms with Gasteiger partial charge in [-0.15, -0.1) is 0 Å². The van der Waals surface area contributed by atoms with Gasteiger partial charge in [0.05, 0.1) is 6.61 Å². The molecule has 0 heterocycles. The number of hydroxylamine groups is 1. The fraction of sp³-hybridized carbons (Fsp3) is 0.182. The van der Waals surface area contributed by atoms with E-state index in [1.807, 2.05) is 30.3 Å². The van der Waals surface area contributed by atoms with Crippen LogP contribution in [-0.4, -0.2) is 5.91 Å². The van der Waals surface area contributed by atoms with E-state index in [1.54, 1.807) is 13.0 Å². The molecule has 0 radical (unpaired) electrons. The van der Waals surface area contributed by atoms with Crippen LogP contribution in [0.2, 0.25) is 0 Å². The Balaban J connectivity index is 2.25. The van der Waals surface area contributed by atoms with Gasteiger partial charge >= 0.3 is 0 Å². The fourth-order valence-electron chi connectivity index (χ4n) is 0.950. The molecule has 0 spiro atoms. The van der Waals surface area contributed by atoms with E-state index in [2.05, 4.69) is 5.48 Å². The van der Waals surface area contributed by atoms with Gasteiger partial charge in [0.15, 0.2) is 0 Å². The molecule has 1 amide bonds. The highest BCUT2D eigenvalue weighted by Crippen LogP contribution is 1.98. The van der Waals surface area contributed by atoms with Crippen LogP contribution in [0.15, 0.2) is 42.5 Å². The number of amides is 1. The van der Waals surface area contributed by atoms with Crippen LogP contribution in [0.1, 0.15) is 12.5 Å². The summed E-state index contributed by atoms with van der Waals surface area (Å²) in [6, 6.07) is 9.64. The lowest BCUT2D eigenvalue weighted by Crippen LogP contribution is -2.20. The predicted molar refractivity (Wildman–Crippen MR) is 54.2 cm³/mol. The predicted octanol–water partition coefficient (Wildman–Crippen LogP) is 1.81. The van der Waals surface area contributed by atoms with E-state index in [9.17, 15) is 4.79 Å². The number of hydrogen-bond donors (Lipinski definition) is 1. The number of rotatable bonds is 4. The van der Waals surface area contributed by atoms with Crippen molar-refractivity contribution < 1.29 is 9.63 Å². The van der Waals surface area contributed by atoms with Gasteiger partial charge in [0.2, 0.25) is 0 Å². The molecule has 0 saturated heterocycles. The first-order valence-electron chi connectivity index (χ1n) is 4.41. The van der Waals surface area contributed by atoms with Gasteiger partial charge in [0.1, 0.15) is 0 Å². The summed E-state index contributed by atoms with van der Waals surface area (Å²) < 4.78 is 0. The normalized spacial score (nSPS) is 10.4. The first kappa shape index (κ1) is 10.5. The van der Waals surface area contributed by atoms with Crippen molar-refractivity contribution in [3.05, 3.63) is 48.0 Å². The van der Waals surface area contributed by atoms with Crippen LogP contribution in [0, 0.1) is 0 Å². The molecule has 0 aliphatic carbocycles. The largest absolute Gasteiger partial charge is 0.269 e. The van der Waals surface area contributed by atoms with Crippen LogP contribution in [0.3, 0.4) is 0 Å². The number of hydrogen-bond acceptors (Lipinski definition) is 2. The summed E-state index contributed by atoms with van der Waals surface area (Å²) in [6.07, 6.45) is 3.06. The molecule has 0 aliphatic rings. The maximum absolute atomic E-state index is 10.9. The maximum atomic E-state index is 10.9. The Morgan fingerprint density at radius 2 is 2.14 bits per heavy atom. The molecule has 0 saturated carbocycles. The molecule has 3 heteroatoms. The average molecular weight is 191 g/mol. The van der Waals surface area contributed by atoms with Gasteiger partial charge in [0, 0.05) is 6.08 Å². The number of carbonyl (C=O) groups excluding carboxylic acids is 1. The molecule has 14 heavy (non-hydrogen) atoms. The van der Waals surface area contributed by atoms with E-state index in [0.717, 1.165) is 5.56 Å². The van der Waals surface area contributed by atoms with Crippen molar-refractivity contribution in [3.63, 3.8) is 0 Å². The van der Waals surface area contributed by atoms with E-state index in [1.165, 1.54) is 6.08 Å². The minimum absolute atomic E-state index is 0.247. The second kappa shape index (κ2) is 5.94. The molecule has 0 fully saturated rings.